The zero-order chi connectivity index (χ0) is 23.0. The van der Waals surface area contributed by atoms with Crippen molar-refractivity contribution in [2.45, 2.75) is 43.9 Å². The zero-order valence-electron chi connectivity index (χ0n) is 17.3. The number of aromatic nitrogens is 1. The van der Waals surface area contributed by atoms with Gasteiger partial charge in [0.1, 0.15) is 18.5 Å². The molecular formula is C21H24F3N3O3S. The number of rotatable bonds is 6. The molecular weight excluding hydrogens is 431 g/mol. The second-order valence-electron chi connectivity index (χ2n) is 8.03. The molecule has 0 spiro atoms. The van der Waals surface area contributed by atoms with Gasteiger partial charge in [-0.15, -0.1) is 0 Å². The Hall–Kier alpha value is -2.46. The van der Waals surface area contributed by atoms with Crippen molar-refractivity contribution in [2.75, 3.05) is 12.9 Å². The Balaban J connectivity index is 1.83. The van der Waals surface area contributed by atoms with Crippen LogP contribution in [-0.4, -0.2) is 51.1 Å². The predicted octanol–water partition coefficient (Wildman–Crippen LogP) is 4.16. The summed E-state index contributed by atoms with van der Waals surface area (Å²) < 4.78 is 64.7. The lowest BCUT2D eigenvalue weighted by atomic mass is 9.99. The maximum atomic E-state index is 13.8. The average molecular weight is 456 g/mol. The molecule has 1 fully saturated rings. The number of carbonyl (C=O) groups is 1. The summed E-state index contributed by atoms with van der Waals surface area (Å²) in [6, 6.07) is 9.28. The molecule has 0 aliphatic carbocycles. The van der Waals surface area contributed by atoms with Gasteiger partial charge >= 0.3 is 6.43 Å². The molecule has 1 aliphatic heterocycles. The van der Waals surface area contributed by atoms with Gasteiger partial charge in [-0.05, 0) is 31.0 Å². The van der Waals surface area contributed by atoms with Gasteiger partial charge in [-0.25, -0.2) is 8.60 Å². The van der Waals surface area contributed by atoms with E-state index in [1.807, 2.05) is 0 Å². The number of benzene rings is 1. The van der Waals surface area contributed by atoms with Crippen molar-refractivity contribution in [1.29, 1.82) is 4.78 Å². The third-order valence-corrected chi connectivity index (χ3v) is 5.93. The highest BCUT2D eigenvalue weighted by Crippen LogP contribution is 2.42. The summed E-state index contributed by atoms with van der Waals surface area (Å²) in [6.07, 6.45) is -1.16. The molecule has 168 valence electrons. The Morgan fingerprint density at radius 3 is 2.32 bits per heavy atom. The van der Waals surface area contributed by atoms with Gasteiger partial charge in [0.25, 0.3) is 5.91 Å². The lowest BCUT2D eigenvalue weighted by Crippen LogP contribution is -2.51. The van der Waals surface area contributed by atoms with Crippen LogP contribution in [0.2, 0.25) is 0 Å². The molecule has 3 atom stereocenters. The van der Waals surface area contributed by atoms with E-state index < -0.39 is 46.6 Å². The number of amides is 1. The minimum Gasteiger partial charge on any atom is -0.346 e. The largest absolute Gasteiger partial charge is 0.346 e. The maximum Gasteiger partial charge on any atom is 0.315 e. The van der Waals surface area contributed by atoms with E-state index in [0.29, 0.717) is 11.3 Å². The van der Waals surface area contributed by atoms with Gasteiger partial charge in [0, 0.05) is 27.7 Å². The lowest BCUT2D eigenvalue weighted by molar-refractivity contribution is -0.159. The first-order chi connectivity index (χ1) is 14.4. The van der Waals surface area contributed by atoms with Crippen molar-refractivity contribution in [3.63, 3.8) is 0 Å². The number of hydrogen-bond donors (Lipinski definition) is 1. The average Bonchev–Trinajstić information content (AvgIpc) is 2.97. The number of hydrogen-bond acceptors (Lipinski definition) is 5. The summed E-state index contributed by atoms with van der Waals surface area (Å²) in [6.45, 7) is 1.91. The van der Waals surface area contributed by atoms with Crippen molar-refractivity contribution in [3.8, 4) is 11.1 Å². The number of nitrogens with one attached hydrogen (secondary N) is 1. The van der Waals surface area contributed by atoms with Crippen molar-refractivity contribution >= 4 is 15.6 Å². The molecule has 3 unspecified atom stereocenters. The molecule has 0 saturated carbocycles. The minimum atomic E-state index is -3.25. The van der Waals surface area contributed by atoms with Crippen LogP contribution in [0.25, 0.3) is 11.1 Å². The van der Waals surface area contributed by atoms with Crippen LogP contribution in [-0.2, 0) is 25.0 Å². The summed E-state index contributed by atoms with van der Waals surface area (Å²) in [5.74, 6) is -1.39. The molecule has 10 heteroatoms. The number of halogens is 3. The smallest absolute Gasteiger partial charge is 0.315 e. The van der Waals surface area contributed by atoms with Gasteiger partial charge in [0.05, 0.1) is 17.5 Å². The maximum absolute atomic E-state index is 13.8. The van der Waals surface area contributed by atoms with Crippen LogP contribution in [0.15, 0.2) is 42.6 Å². The number of ether oxygens (including phenoxy) is 1. The molecule has 6 nitrogen and oxygen atoms in total. The van der Waals surface area contributed by atoms with Gasteiger partial charge < -0.3 is 9.64 Å². The third-order valence-electron chi connectivity index (χ3n) is 5.08. The second-order valence-corrected chi connectivity index (χ2v) is 10.3. The van der Waals surface area contributed by atoms with Crippen molar-refractivity contribution in [2.24, 2.45) is 0 Å². The Morgan fingerprint density at radius 1 is 1.23 bits per heavy atom. The summed E-state index contributed by atoms with van der Waals surface area (Å²) in [4.78, 5) is 17.0. The first-order valence-electron chi connectivity index (χ1n) is 9.55. The first kappa shape index (κ1) is 23.2. The van der Waals surface area contributed by atoms with Crippen molar-refractivity contribution < 1.29 is 26.9 Å². The fourth-order valence-corrected chi connectivity index (χ4v) is 4.52. The number of alkyl halides is 3. The van der Waals surface area contributed by atoms with Crippen LogP contribution in [0.3, 0.4) is 0 Å². The SMILES string of the molecule is CC1(C)OC(c2ccc(-c3ccc(CS(C)(=N)=O)nc3)cc2)C(CF)N1C(=O)C(F)F. The van der Waals surface area contributed by atoms with E-state index in [-0.39, 0.29) is 5.75 Å². The van der Waals surface area contributed by atoms with Gasteiger partial charge in [-0.1, -0.05) is 30.3 Å². The Morgan fingerprint density at radius 2 is 1.84 bits per heavy atom. The van der Waals surface area contributed by atoms with E-state index in [4.69, 9.17) is 9.52 Å². The Labute approximate surface area is 179 Å². The Bertz CT molecular complexity index is 1040. The van der Waals surface area contributed by atoms with Crippen molar-refractivity contribution in [3.05, 3.63) is 53.9 Å². The third kappa shape index (κ3) is 5.07. The van der Waals surface area contributed by atoms with Gasteiger partial charge in [0.2, 0.25) is 0 Å². The van der Waals surface area contributed by atoms with Gasteiger partial charge in [0.15, 0.2) is 0 Å². The topological polar surface area (TPSA) is 83.3 Å². The molecule has 0 radical (unpaired) electrons. The molecule has 2 heterocycles. The zero-order valence-corrected chi connectivity index (χ0v) is 18.2. The molecule has 1 aromatic heterocycles. The monoisotopic (exact) mass is 455 g/mol. The molecule has 1 aromatic carbocycles. The van der Waals surface area contributed by atoms with Crippen LogP contribution in [0.5, 0.6) is 0 Å². The second kappa shape index (κ2) is 8.58. The highest BCUT2D eigenvalue weighted by Gasteiger charge is 2.52. The molecule has 1 aliphatic rings. The van der Waals surface area contributed by atoms with E-state index in [1.54, 1.807) is 42.6 Å². The summed E-state index contributed by atoms with van der Waals surface area (Å²) in [7, 11) is -2.69. The van der Waals surface area contributed by atoms with E-state index in [9.17, 15) is 22.2 Å². The molecule has 31 heavy (non-hydrogen) atoms. The van der Waals surface area contributed by atoms with Crippen LogP contribution in [0.4, 0.5) is 13.2 Å². The van der Waals surface area contributed by atoms with E-state index in [2.05, 4.69) is 4.98 Å². The molecule has 1 saturated heterocycles. The van der Waals surface area contributed by atoms with E-state index in [0.717, 1.165) is 16.0 Å². The minimum absolute atomic E-state index is 0.0689. The summed E-state index contributed by atoms with van der Waals surface area (Å²) in [5.41, 5.74) is 1.34. The molecule has 3 rings (SSSR count). The van der Waals surface area contributed by atoms with Crippen molar-refractivity contribution in [1.82, 2.24) is 9.88 Å². The standard InChI is InChI=1S/C21H24F3N3O3S/c1-21(2)27(20(28)19(23)24)17(10-22)18(30-21)14-6-4-13(5-7-14)15-8-9-16(26-11-15)12-31(3,25)29/h4-9,11,17-19,25H,10,12H2,1-3H3. The highest BCUT2D eigenvalue weighted by atomic mass is 32.2. The van der Waals surface area contributed by atoms with Crippen LogP contribution in [0, 0.1) is 4.78 Å². The normalized spacial score (nSPS) is 22.5. The molecule has 0 bridgehead atoms. The van der Waals surface area contributed by atoms with Gasteiger partial charge in [-0.3, -0.25) is 14.6 Å². The van der Waals surface area contributed by atoms with Gasteiger partial charge in [-0.2, -0.15) is 8.78 Å². The number of nitrogens with zero attached hydrogens (tertiary/aromatic N) is 2. The summed E-state index contributed by atoms with van der Waals surface area (Å²) in [5, 5.41) is 0. The Kier molecular flexibility index (Phi) is 6.43. The molecule has 1 N–H and O–H groups in total. The quantitative estimate of drug-likeness (QED) is 0.709. The van der Waals surface area contributed by atoms with E-state index >= 15 is 0 Å². The lowest BCUT2D eigenvalue weighted by Gasteiger charge is -2.32. The fourth-order valence-electron chi connectivity index (χ4n) is 3.78. The number of pyridine rings is 1. The molecule has 2 aromatic rings. The van der Waals surface area contributed by atoms with Crippen LogP contribution in [0.1, 0.15) is 31.2 Å². The van der Waals surface area contributed by atoms with Crippen LogP contribution >= 0.6 is 0 Å². The number of carbonyl (C=O) groups excluding carboxylic acids is 1. The van der Waals surface area contributed by atoms with E-state index in [1.165, 1.54) is 20.1 Å². The molecule has 1 amide bonds. The van der Waals surface area contributed by atoms with Crippen LogP contribution < -0.4 is 0 Å². The first-order valence-corrected chi connectivity index (χ1v) is 11.7. The summed E-state index contributed by atoms with van der Waals surface area (Å²) >= 11 is 0. The highest BCUT2D eigenvalue weighted by molar-refractivity contribution is 7.90. The fraction of sp³-hybridized carbons (Fsp3) is 0.429. The predicted molar refractivity (Wildman–Crippen MR) is 111 cm³/mol.